The number of nitro benzene ring substituents is 1. The standard InChI is InChI=1S/C11H16ClN3O2/c1-13-5-6-14(2)8-9-3-4-10(15(16)17)7-11(9)12/h3-4,7,13H,5-6,8H2,1-2H3. The van der Waals surface area contributed by atoms with Crippen molar-refractivity contribution in [3.63, 3.8) is 0 Å². The van der Waals surface area contributed by atoms with E-state index in [1.807, 2.05) is 14.1 Å². The van der Waals surface area contributed by atoms with Crippen molar-refractivity contribution in [2.45, 2.75) is 6.54 Å². The lowest BCUT2D eigenvalue weighted by Crippen LogP contribution is -2.27. The van der Waals surface area contributed by atoms with Gasteiger partial charge in [0.2, 0.25) is 0 Å². The molecule has 17 heavy (non-hydrogen) atoms. The number of hydrogen-bond acceptors (Lipinski definition) is 4. The first kappa shape index (κ1) is 13.9. The fourth-order valence-corrected chi connectivity index (χ4v) is 1.69. The van der Waals surface area contributed by atoms with Crippen LogP contribution in [0, 0.1) is 10.1 Å². The molecule has 0 aromatic heterocycles. The highest BCUT2D eigenvalue weighted by Gasteiger charge is 2.10. The summed E-state index contributed by atoms with van der Waals surface area (Å²) in [5, 5.41) is 14.1. The maximum absolute atomic E-state index is 10.6. The molecule has 0 saturated heterocycles. The van der Waals surface area contributed by atoms with E-state index in [2.05, 4.69) is 10.2 Å². The molecule has 0 amide bonds. The number of nitrogens with one attached hydrogen (secondary N) is 1. The van der Waals surface area contributed by atoms with Crippen molar-refractivity contribution in [2.24, 2.45) is 0 Å². The lowest BCUT2D eigenvalue weighted by Gasteiger charge is -2.16. The Labute approximate surface area is 106 Å². The van der Waals surface area contributed by atoms with Crippen molar-refractivity contribution < 1.29 is 4.92 Å². The van der Waals surface area contributed by atoms with Crippen LogP contribution in [-0.4, -0.2) is 37.0 Å². The van der Waals surface area contributed by atoms with E-state index in [0.717, 1.165) is 18.7 Å². The van der Waals surface area contributed by atoms with Gasteiger partial charge in [-0.15, -0.1) is 0 Å². The van der Waals surface area contributed by atoms with Crippen LogP contribution in [0.1, 0.15) is 5.56 Å². The van der Waals surface area contributed by atoms with Gasteiger partial charge < -0.3 is 10.2 Å². The van der Waals surface area contributed by atoms with Gasteiger partial charge in [0.05, 0.1) is 9.95 Å². The quantitative estimate of drug-likeness (QED) is 0.625. The summed E-state index contributed by atoms with van der Waals surface area (Å²) in [6.45, 7) is 2.46. The smallest absolute Gasteiger partial charge is 0.270 e. The zero-order valence-electron chi connectivity index (χ0n) is 9.94. The van der Waals surface area contributed by atoms with Crippen LogP contribution in [-0.2, 0) is 6.54 Å². The highest BCUT2D eigenvalue weighted by atomic mass is 35.5. The maximum atomic E-state index is 10.6. The average molecular weight is 258 g/mol. The minimum absolute atomic E-state index is 0.0247. The number of nitrogens with zero attached hydrogens (tertiary/aromatic N) is 2. The minimum atomic E-state index is -0.444. The molecule has 94 valence electrons. The molecule has 6 heteroatoms. The van der Waals surface area contributed by atoms with Gasteiger partial charge in [-0.3, -0.25) is 10.1 Å². The molecular formula is C11H16ClN3O2. The third kappa shape index (κ3) is 4.30. The first-order chi connectivity index (χ1) is 8.04. The Morgan fingerprint density at radius 1 is 1.53 bits per heavy atom. The summed E-state index contributed by atoms with van der Waals surface area (Å²) in [6.07, 6.45) is 0. The summed E-state index contributed by atoms with van der Waals surface area (Å²) in [5.41, 5.74) is 0.924. The first-order valence-electron chi connectivity index (χ1n) is 5.30. The topological polar surface area (TPSA) is 58.4 Å². The molecule has 0 atom stereocenters. The number of halogens is 1. The molecule has 0 bridgehead atoms. The fraction of sp³-hybridized carbons (Fsp3) is 0.455. The van der Waals surface area contributed by atoms with E-state index in [1.54, 1.807) is 6.07 Å². The van der Waals surface area contributed by atoms with Crippen LogP contribution in [0.2, 0.25) is 5.02 Å². The zero-order valence-corrected chi connectivity index (χ0v) is 10.7. The lowest BCUT2D eigenvalue weighted by atomic mass is 10.2. The number of non-ortho nitro benzene ring substituents is 1. The van der Waals surface area contributed by atoms with E-state index in [9.17, 15) is 10.1 Å². The second-order valence-electron chi connectivity index (χ2n) is 3.87. The van der Waals surface area contributed by atoms with Crippen LogP contribution in [0.25, 0.3) is 0 Å². The Morgan fingerprint density at radius 2 is 2.24 bits per heavy atom. The molecule has 0 aliphatic heterocycles. The van der Waals surface area contributed by atoms with E-state index in [-0.39, 0.29) is 5.69 Å². The molecule has 0 radical (unpaired) electrons. The number of nitro groups is 1. The van der Waals surface area contributed by atoms with Gasteiger partial charge in [0.25, 0.3) is 5.69 Å². The molecule has 1 aromatic carbocycles. The summed E-state index contributed by atoms with van der Waals surface area (Å²) in [6, 6.07) is 4.58. The zero-order chi connectivity index (χ0) is 12.8. The second kappa shape index (κ2) is 6.54. The first-order valence-corrected chi connectivity index (χ1v) is 5.68. The van der Waals surface area contributed by atoms with E-state index >= 15 is 0 Å². The Balaban J connectivity index is 2.69. The Morgan fingerprint density at radius 3 is 2.76 bits per heavy atom. The van der Waals surface area contributed by atoms with Crippen molar-refractivity contribution in [3.8, 4) is 0 Å². The largest absolute Gasteiger partial charge is 0.318 e. The monoisotopic (exact) mass is 257 g/mol. The predicted molar refractivity (Wildman–Crippen MR) is 68.4 cm³/mol. The van der Waals surface area contributed by atoms with Gasteiger partial charge >= 0.3 is 0 Å². The lowest BCUT2D eigenvalue weighted by molar-refractivity contribution is -0.384. The van der Waals surface area contributed by atoms with Crippen LogP contribution in [0.4, 0.5) is 5.69 Å². The van der Waals surface area contributed by atoms with Crippen molar-refractivity contribution in [2.75, 3.05) is 27.2 Å². The van der Waals surface area contributed by atoms with Gasteiger partial charge in [-0.05, 0) is 25.7 Å². The summed E-state index contributed by atoms with van der Waals surface area (Å²) in [5.74, 6) is 0. The van der Waals surface area contributed by atoms with Gasteiger partial charge in [0, 0.05) is 31.8 Å². The molecule has 0 saturated carbocycles. The summed E-state index contributed by atoms with van der Waals surface area (Å²) in [7, 11) is 3.88. The van der Waals surface area contributed by atoms with Crippen molar-refractivity contribution in [3.05, 3.63) is 38.9 Å². The molecule has 1 aromatic rings. The van der Waals surface area contributed by atoms with Crippen LogP contribution >= 0.6 is 11.6 Å². The van der Waals surface area contributed by atoms with Crippen LogP contribution in [0.5, 0.6) is 0 Å². The van der Waals surface area contributed by atoms with E-state index in [4.69, 9.17) is 11.6 Å². The minimum Gasteiger partial charge on any atom is -0.318 e. The Kier molecular flexibility index (Phi) is 5.34. The normalized spacial score (nSPS) is 10.8. The Hall–Kier alpha value is -1.17. The van der Waals surface area contributed by atoms with Gasteiger partial charge in [-0.25, -0.2) is 0 Å². The summed E-state index contributed by atoms with van der Waals surface area (Å²) < 4.78 is 0. The average Bonchev–Trinajstić information content (AvgIpc) is 2.28. The molecule has 1 N–H and O–H groups in total. The fourth-order valence-electron chi connectivity index (χ4n) is 1.45. The summed E-state index contributed by atoms with van der Waals surface area (Å²) >= 11 is 6.00. The number of benzene rings is 1. The van der Waals surface area contributed by atoms with E-state index in [1.165, 1.54) is 12.1 Å². The molecule has 0 fully saturated rings. The maximum Gasteiger partial charge on any atom is 0.270 e. The third-order valence-electron chi connectivity index (χ3n) is 2.43. The molecule has 0 unspecified atom stereocenters. The van der Waals surface area contributed by atoms with Gasteiger partial charge in [-0.1, -0.05) is 11.6 Å². The second-order valence-corrected chi connectivity index (χ2v) is 4.28. The van der Waals surface area contributed by atoms with Crippen LogP contribution in [0.3, 0.4) is 0 Å². The van der Waals surface area contributed by atoms with Crippen molar-refractivity contribution >= 4 is 17.3 Å². The highest BCUT2D eigenvalue weighted by molar-refractivity contribution is 6.31. The van der Waals surface area contributed by atoms with Crippen LogP contribution in [0.15, 0.2) is 18.2 Å². The highest BCUT2D eigenvalue weighted by Crippen LogP contribution is 2.23. The molecule has 0 aliphatic carbocycles. The van der Waals surface area contributed by atoms with Crippen molar-refractivity contribution in [1.82, 2.24) is 10.2 Å². The Bertz CT molecular complexity index is 398. The van der Waals surface area contributed by atoms with Gasteiger partial charge in [0.15, 0.2) is 0 Å². The molecule has 0 spiro atoms. The van der Waals surface area contributed by atoms with Gasteiger partial charge in [-0.2, -0.15) is 0 Å². The SMILES string of the molecule is CNCCN(C)Cc1ccc([N+](=O)[O-])cc1Cl. The van der Waals surface area contributed by atoms with Crippen molar-refractivity contribution in [1.29, 1.82) is 0 Å². The molecular weight excluding hydrogens is 242 g/mol. The number of hydrogen-bond donors (Lipinski definition) is 1. The number of likely N-dealkylation sites (N-methyl/N-ethyl adjacent to an activating group) is 2. The molecule has 0 aliphatic rings. The molecule has 0 heterocycles. The summed E-state index contributed by atoms with van der Waals surface area (Å²) in [4.78, 5) is 12.2. The molecule has 5 nitrogen and oxygen atoms in total. The third-order valence-corrected chi connectivity index (χ3v) is 2.78. The van der Waals surface area contributed by atoms with E-state index in [0.29, 0.717) is 11.6 Å². The predicted octanol–water partition coefficient (Wildman–Crippen LogP) is 1.90. The van der Waals surface area contributed by atoms with Gasteiger partial charge in [0.1, 0.15) is 0 Å². The van der Waals surface area contributed by atoms with E-state index < -0.39 is 4.92 Å². The number of rotatable bonds is 6. The van der Waals surface area contributed by atoms with Crippen LogP contribution < -0.4 is 5.32 Å². The molecule has 1 rings (SSSR count).